The number of hydrogen-bond donors (Lipinski definition) is 6. The van der Waals surface area contributed by atoms with Crippen molar-refractivity contribution in [3.63, 3.8) is 0 Å². The number of anilines is 2. The first-order valence-electron chi connectivity index (χ1n) is 22.3. The highest BCUT2D eigenvalue weighted by molar-refractivity contribution is 6.39. The molecule has 0 aromatic heterocycles. The lowest BCUT2D eigenvalue weighted by Crippen LogP contribution is -2.33. The number of ketones is 1. The molecule has 3 aliphatic rings. The molecule has 0 aliphatic heterocycles. The molecule has 8 rings (SSSR count). The number of rotatable bonds is 24. The van der Waals surface area contributed by atoms with Gasteiger partial charge in [-0.2, -0.15) is 0 Å². The molecule has 0 bridgehead atoms. The van der Waals surface area contributed by atoms with Gasteiger partial charge in [-0.25, -0.2) is 0 Å². The van der Waals surface area contributed by atoms with Gasteiger partial charge in [0.05, 0.1) is 93.0 Å². The van der Waals surface area contributed by atoms with Crippen LogP contribution in [-0.2, 0) is 51.3 Å². The van der Waals surface area contributed by atoms with E-state index in [1.54, 1.807) is 26.2 Å². The Labute approximate surface area is 379 Å². The highest BCUT2D eigenvalue weighted by Crippen LogP contribution is 2.57. The van der Waals surface area contributed by atoms with E-state index in [-0.39, 0.29) is 90.4 Å². The first kappa shape index (κ1) is 46.8. The van der Waals surface area contributed by atoms with Gasteiger partial charge in [0.1, 0.15) is 19.0 Å². The zero-order valence-electron chi connectivity index (χ0n) is 37.6. The molecule has 5 aromatic carbocycles. The summed E-state index contributed by atoms with van der Waals surface area (Å²) in [7, 11) is 2.89. The van der Waals surface area contributed by atoms with E-state index in [2.05, 4.69) is 10.6 Å². The molecule has 352 valence electrons. The molecule has 0 amide bonds. The molecule has 2 fully saturated rings. The van der Waals surface area contributed by atoms with Crippen LogP contribution < -0.4 is 26.2 Å². The van der Waals surface area contributed by atoms with Crippen LogP contribution in [-0.4, -0.2) is 116 Å². The molecule has 5 aromatic rings. The van der Waals surface area contributed by atoms with Crippen molar-refractivity contribution in [2.24, 2.45) is 0 Å². The van der Waals surface area contributed by atoms with Crippen LogP contribution in [0.15, 0.2) is 27.3 Å². The van der Waals surface area contributed by atoms with Crippen LogP contribution in [0.5, 0.6) is 11.5 Å². The summed E-state index contributed by atoms with van der Waals surface area (Å²) < 4.78 is 33.2. The van der Waals surface area contributed by atoms with Gasteiger partial charge in [-0.3, -0.25) is 24.0 Å². The van der Waals surface area contributed by atoms with Gasteiger partial charge in [-0.15, -0.1) is 0 Å². The lowest BCUT2D eigenvalue weighted by molar-refractivity contribution is -0.146. The van der Waals surface area contributed by atoms with Crippen LogP contribution >= 0.6 is 0 Å². The average molecular weight is 913 g/mol. The summed E-state index contributed by atoms with van der Waals surface area (Å²) in [6.07, 6.45) is 4.44. The van der Waals surface area contributed by atoms with E-state index in [0.717, 1.165) is 0 Å². The smallest absolute Gasteiger partial charge is 0.308 e. The van der Waals surface area contributed by atoms with Crippen molar-refractivity contribution in [3.8, 4) is 11.5 Å². The molecular formula is C49H56N2O15. The predicted octanol–water partition coefficient (Wildman–Crippen LogP) is 4.50. The van der Waals surface area contributed by atoms with Crippen LogP contribution in [0.1, 0.15) is 87.0 Å². The number of phenols is 1. The lowest BCUT2D eigenvalue weighted by Gasteiger charge is -2.28. The highest BCUT2D eigenvalue weighted by atomic mass is 16.5. The predicted molar refractivity (Wildman–Crippen MR) is 246 cm³/mol. The molecule has 1 unspecified atom stereocenters. The largest absolute Gasteiger partial charge is 0.504 e. The van der Waals surface area contributed by atoms with Crippen molar-refractivity contribution in [2.45, 2.75) is 89.0 Å². The molecule has 66 heavy (non-hydrogen) atoms. The molecule has 17 nitrogen and oxygen atoms in total. The fourth-order valence-electron chi connectivity index (χ4n) is 9.54. The van der Waals surface area contributed by atoms with E-state index < -0.39 is 58.8 Å². The molecule has 0 spiro atoms. The Kier molecular flexibility index (Phi) is 13.4. The van der Waals surface area contributed by atoms with Crippen LogP contribution in [0.3, 0.4) is 0 Å². The zero-order chi connectivity index (χ0) is 47.1. The van der Waals surface area contributed by atoms with Crippen molar-refractivity contribution in [1.29, 1.82) is 0 Å². The average Bonchev–Trinajstić information content (AvgIpc) is 4.24. The van der Waals surface area contributed by atoms with Crippen molar-refractivity contribution in [2.75, 3.05) is 77.7 Å². The Balaban J connectivity index is 1.37. The quantitative estimate of drug-likeness (QED) is 0.0216. The number of aliphatic hydroxyl groups is 3. The number of benzene rings is 5. The number of hydrogen-bond acceptors (Lipinski definition) is 17. The van der Waals surface area contributed by atoms with E-state index in [0.29, 0.717) is 101 Å². The van der Waals surface area contributed by atoms with Gasteiger partial charge in [-0.05, 0) is 85.4 Å². The minimum atomic E-state index is -1.02. The number of ether oxygens (including phenoxy) is 6. The second kappa shape index (κ2) is 18.9. The number of fused-ring (bicyclic) bond motifs is 1. The van der Waals surface area contributed by atoms with Crippen LogP contribution in [0.25, 0.3) is 49.2 Å². The Morgan fingerprint density at radius 2 is 1.32 bits per heavy atom. The summed E-state index contributed by atoms with van der Waals surface area (Å²) in [5.74, 6) is -2.89. The van der Waals surface area contributed by atoms with Crippen molar-refractivity contribution >= 4 is 78.3 Å². The summed E-state index contributed by atoms with van der Waals surface area (Å²) in [6, 6.07) is 2.87. The number of aromatic hydroxyl groups is 1. The molecule has 6 N–H and O–H groups in total. The van der Waals surface area contributed by atoms with Gasteiger partial charge >= 0.3 is 11.9 Å². The van der Waals surface area contributed by atoms with Crippen molar-refractivity contribution in [1.82, 2.24) is 0 Å². The number of carbonyl (C=O) groups excluding carboxylic acids is 3. The summed E-state index contributed by atoms with van der Waals surface area (Å²) in [4.78, 5) is 69.5. The van der Waals surface area contributed by atoms with Gasteiger partial charge in [0.25, 0.3) is 0 Å². The molecule has 17 heteroatoms. The minimum Gasteiger partial charge on any atom is -0.504 e. The van der Waals surface area contributed by atoms with E-state index in [4.69, 9.17) is 33.5 Å². The fourth-order valence-corrected chi connectivity index (χ4v) is 9.54. The maximum Gasteiger partial charge on any atom is 0.308 e. The van der Waals surface area contributed by atoms with Crippen molar-refractivity contribution in [3.05, 3.63) is 60.4 Å². The third-order valence-electron chi connectivity index (χ3n) is 13.1. The SMILES string of the molecule is COCCOCCC(=O)OCC1(Nc2c3c4c5c(c(OC)c(O)c6c(=O)cc(CO)c(c7c(CO)cc(NC8(COC(=O)CCOCCCO)CC8)c(c2=O)c74)c65)C(C(C)=O)C(C)=C3)CC1. The number of esters is 2. The second-order valence-corrected chi connectivity index (χ2v) is 17.7. The van der Waals surface area contributed by atoms with Gasteiger partial charge < -0.3 is 59.5 Å². The molecule has 0 heterocycles. The molecule has 3 aliphatic carbocycles. The number of carbonyl (C=O) groups is 3. The topological polar surface area (TPSA) is 246 Å². The summed E-state index contributed by atoms with van der Waals surface area (Å²) >= 11 is 0. The summed E-state index contributed by atoms with van der Waals surface area (Å²) in [5, 5.41) is 52.4. The monoisotopic (exact) mass is 912 g/mol. The number of phenolic OH excluding ortho intramolecular Hbond substituents is 1. The summed E-state index contributed by atoms with van der Waals surface area (Å²) in [6.45, 7) is 3.12. The first-order chi connectivity index (χ1) is 31.8. The Hall–Kier alpha value is -5.69. The molecule has 1 atom stereocenters. The van der Waals surface area contributed by atoms with Crippen LogP contribution in [0.4, 0.5) is 11.4 Å². The van der Waals surface area contributed by atoms with Crippen molar-refractivity contribution < 1.29 is 63.2 Å². The first-order valence-corrected chi connectivity index (χ1v) is 22.3. The van der Waals surface area contributed by atoms with Crippen LogP contribution in [0, 0.1) is 0 Å². The van der Waals surface area contributed by atoms with E-state index in [1.807, 2.05) is 0 Å². The zero-order valence-corrected chi connectivity index (χ0v) is 37.6. The third kappa shape index (κ3) is 8.48. The van der Waals surface area contributed by atoms with Gasteiger partial charge in [0, 0.05) is 53.3 Å². The Morgan fingerprint density at radius 1 is 0.727 bits per heavy atom. The second-order valence-electron chi connectivity index (χ2n) is 17.7. The van der Waals surface area contributed by atoms with Crippen LogP contribution in [0.2, 0.25) is 0 Å². The minimum absolute atomic E-state index is 0.00232. The number of methoxy groups -OCH3 is 2. The Morgan fingerprint density at radius 3 is 1.88 bits per heavy atom. The lowest BCUT2D eigenvalue weighted by atomic mass is 9.79. The highest BCUT2D eigenvalue weighted by Gasteiger charge is 2.47. The third-order valence-corrected chi connectivity index (χ3v) is 13.1. The van der Waals surface area contributed by atoms with Gasteiger partial charge in [-0.1, -0.05) is 11.6 Å². The number of Topliss-reactive ketones (excluding diaryl/α,β-unsaturated/α-hetero) is 1. The van der Waals surface area contributed by atoms with E-state index >= 15 is 4.79 Å². The molecule has 0 radical (unpaired) electrons. The normalized spacial score (nSPS) is 16.8. The molecular weight excluding hydrogens is 857 g/mol. The number of aliphatic hydroxyl groups excluding tert-OH is 3. The maximum absolute atomic E-state index is 15.7. The standard InChI is InChI=1S/C49H56N2O15/c1-25-18-29-37-40-35(36-28(22-54)20-31(56)39-41(36)42(37)43(34(25)26(2)55)47(62-4)46(39)60)27(21-53)19-30(50-48(8-9-48)23-65-32(57)6-14-63-13-5-12-52)38(40)45(59)44(29)51-49(10-11-49)24-66-33(58)7-15-64-17-16-61-3/h18-20,34,50-54,60H,5-17,21-24H2,1-4H3. The number of nitrogens with one attached hydrogen (secondary N) is 2. The molecule has 2 saturated carbocycles. The summed E-state index contributed by atoms with van der Waals surface area (Å²) in [5.41, 5.74) is -0.584. The van der Waals surface area contributed by atoms with Gasteiger partial charge in [0.2, 0.25) is 5.43 Å². The molecule has 0 saturated heterocycles. The van der Waals surface area contributed by atoms with E-state index in [1.165, 1.54) is 20.1 Å². The fraction of sp³-hybridized carbons (Fsp3) is 0.490. The van der Waals surface area contributed by atoms with Gasteiger partial charge in [0.15, 0.2) is 16.9 Å². The Bertz CT molecular complexity index is 2870. The number of allylic oxidation sites excluding steroid dienone is 1. The maximum atomic E-state index is 15.7. The van der Waals surface area contributed by atoms with E-state index in [9.17, 15) is 34.5 Å².